The Bertz CT molecular complexity index is 253. The molecule has 1 rings (SSSR count). The Morgan fingerprint density at radius 2 is 2.20 bits per heavy atom. The molecule has 15 heavy (non-hydrogen) atoms. The standard InChI is InChI=1S/C12H22N2S/c1-4-11(8-13)14(10(2)3)9-12-6-5-7-15-12/h5-7,10-11H,4,8-9,13H2,1-3H3. The molecule has 0 bridgehead atoms. The number of thiophene rings is 1. The molecule has 0 amide bonds. The van der Waals surface area contributed by atoms with Gasteiger partial charge in [0.25, 0.3) is 0 Å². The normalized spacial score (nSPS) is 13.7. The first kappa shape index (κ1) is 12.7. The molecule has 0 aliphatic heterocycles. The van der Waals surface area contributed by atoms with Crippen molar-refractivity contribution >= 4 is 11.3 Å². The number of hydrogen-bond donors (Lipinski definition) is 1. The van der Waals surface area contributed by atoms with Crippen LogP contribution in [0.5, 0.6) is 0 Å². The zero-order chi connectivity index (χ0) is 11.3. The van der Waals surface area contributed by atoms with E-state index in [4.69, 9.17) is 5.73 Å². The zero-order valence-electron chi connectivity index (χ0n) is 9.94. The molecule has 86 valence electrons. The summed E-state index contributed by atoms with van der Waals surface area (Å²) in [5, 5.41) is 2.14. The molecule has 0 saturated heterocycles. The van der Waals surface area contributed by atoms with E-state index in [9.17, 15) is 0 Å². The first-order chi connectivity index (χ1) is 7.19. The highest BCUT2D eigenvalue weighted by Crippen LogP contribution is 2.17. The monoisotopic (exact) mass is 226 g/mol. The van der Waals surface area contributed by atoms with Crippen LogP contribution < -0.4 is 5.73 Å². The van der Waals surface area contributed by atoms with Crippen molar-refractivity contribution in [3.63, 3.8) is 0 Å². The van der Waals surface area contributed by atoms with Gasteiger partial charge >= 0.3 is 0 Å². The summed E-state index contributed by atoms with van der Waals surface area (Å²) in [6, 6.07) is 5.37. The lowest BCUT2D eigenvalue weighted by atomic mass is 10.1. The lowest BCUT2D eigenvalue weighted by molar-refractivity contribution is 0.145. The first-order valence-electron chi connectivity index (χ1n) is 5.67. The van der Waals surface area contributed by atoms with E-state index in [2.05, 4.69) is 43.2 Å². The minimum absolute atomic E-state index is 0.507. The van der Waals surface area contributed by atoms with Gasteiger partial charge in [0.1, 0.15) is 0 Å². The van der Waals surface area contributed by atoms with Crippen molar-refractivity contribution in [1.29, 1.82) is 0 Å². The molecule has 2 N–H and O–H groups in total. The summed E-state index contributed by atoms with van der Waals surface area (Å²) in [6.07, 6.45) is 1.13. The van der Waals surface area contributed by atoms with E-state index in [-0.39, 0.29) is 0 Å². The van der Waals surface area contributed by atoms with E-state index >= 15 is 0 Å². The van der Waals surface area contributed by atoms with E-state index in [0.717, 1.165) is 19.5 Å². The second-order valence-electron chi connectivity index (χ2n) is 4.14. The van der Waals surface area contributed by atoms with Crippen molar-refractivity contribution in [3.05, 3.63) is 22.4 Å². The lowest BCUT2D eigenvalue weighted by Crippen LogP contribution is -2.43. The maximum Gasteiger partial charge on any atom is 0.0334 e. The zero-order valence-corrected chi connectivity index (χ0v) is 10.8. The summed E-state index contributed by atoms with van der Waals surface area (Å²) in [7, 11) is 0. The van der Waals surface area contributed by atoms with Gasteiger partial charge in [0.2, 0.25) is 0 Å². The second-order valence-corrected chi connectivity index (χ2v) is 5.18. The Labute approximate surface area is 97.1 Å². The highest BCUT2D eigenvalue weighted by Gasteiger charge is 2.18. The van der Waals surface area contributed by atoms with E-state index in [1.54, 1.807) is 0 Å². The van der Waals surface area contributed by atoms with Crippen LogP contribution in [0.1, 0.15) is 32.1 Å². The van der Waals surface area contributed by atoms with Crippen LogP contribution in [0.2, 0.25) is 0 Å². The molecule has 1 heterocycles. The van der Waals surface area contributed by atoms with Crippen molar-refractivity contribution in [2.24, 2.45) is 5.73 Å². The van der Waals surface area contributed by atoms with Crippen molar-refractivity contribution in [2.75, 3.05) is 6.54 Å². The summed E-state index contributed by atoms with van der Waals surface area (Å²) < 4.78 is 0. The van der Waals surface area contributed by atoms with Gasteiger partial charge in [-0.1, -0.05) is 13.0 Å². The fraction of sp³-hybridized carbons (Fsp3) is 0.667. The van der Waals surface area contributed by atoms with Crippen LogP contribution in [0.15, 0.2) is 17.5 Å². The van der Waals surface area contributed by atoms with Gasteiger partial charge in [0.15, 0.2) is 0 Å². The minimum atomic E-state index is 0.507. The largest absolute Gasteiger partial charge is 0.329 e. The molecule has 0 saturated carbocycles. The van der Waals surface area contributed by atoms with Crippen LogP contribution in [0.25, 0.3) is 0 Å². The summed E-state index contributed by atoms with van der Waals surface area (Å²) >= 11 is 1.82. The predicted octanol–water partition coefficient (Wildman–Crippen LogP) is 2.70. The third-order valence-electron chi connectivity index (χ3n) is 2.79. The van der Waals surface area contributed by atoms with E-state index in [1.807, 2.05) is 11.3 Å². The van der Waals surface area contributed by atoms with Gasteiger partial charge in [-0.25, -0.2) is 0 Å². The molecule has 0 radical (unpaired) electrons. The van der Waals surface area contributed by atoms with Crippen LogP contribution >= 0.6 is 11.3 Å². The van der Waals surface area contributed by atoms with Crippen LogP contribution in [0.4, 0.5) is 0 Å². The third kappa shape index (κ3) is 3.59. The van der Waals surface area contributed by atoms with Gasteiger partial charge in [0, 0.05) is 30.1 Å². The molecule has 1 atom stereocenters. The van der Waals surface area contributed by atoms with Crippen molar-refractivity contribution < 1.29 is 0 Å². The van der Waals surface area contributed by atoms with Crippen LogP contribution in [0.3, 0.4) is 0 Å². The number of rotatable bonds is 6. The Morgan fingerprint density at radius 1 is 1.47 bits per heavy atom. The van der Waals surface area contributed by atoms with Crippen molar-refractivity contribution in [2.45, 2.75) is 45.8 Å². The number of nitrogens with zero attached hydrogens (tertiary/aromatic N) is 1. The Balaban J connectivity index is 2.65. The van der Waals surface area contributed by atoms with Gasteiger partial charge in [-0.15, -0.1) is 11.3 Å². The van der Waals surface area contributed by atoms with Crippen molar-refractivity contribution in [3.8, 4) is 0 Å². The van der Waals surface area contributed by atoms with Crippen LogP contribution in [-0.2, 0) is 6.54 Å². The minimum Gasteiger partial charge on any atom is -0.329 e. The average molecular weight is 226 g/mol. The number of hydrogen-bond acceptors (Lipinski definition) is 3. The molecule has 0 aliphatic rings. The smallest absolute Gasteiger partial charge is 0.0334 e. The average Bonchev–Trinajstić information content (AvgIpc) is 2.70. The van der Waals surface area contributed by atoms with Crippen LogP contribution in [0, 0.1) is 0 Å². The SMILES string of the molecule is CCC(CN)N(Cc1cccs1)C(C)C. The quantitative estimate of drug-likeness (QED) is 0.808. The molecule has 1 aromatic heterocycles. The fourth-order valence-electron chi connectivity index (χ4n) is 1.85. The van der Waals surface area contributed by atoms with Gasteiger partial charge in [-0.05, 0) is 31.7 Å². The highest BCUT2D eigenvalue weighted by atomic mass is 32.1. The molecule has 0 aromatic carbocycles. The summed E-state index contributed by atoms with van der Waals surface area (Å²) in [5.41, 5.74) is 5.81. The van der Waals surface area contributed by atoms with Gasteiger partial charge in [-0.3, -0.25) is 4.90 Å². The van der Waals surface area contributed by atoms with Gasteiger partial charge in [-0.2, -0.15) is 0 Å². The highest BCUT2D eigenvalue weighted by molar-refractivity contribution is 7.09. The molecular formula is C12H22N2S. The Kier molecular flexibility index (Phi) is 5.29. The Hall–Kier alpha value is -0.380. The summed E-state index contributed by atoms with van der Waals surface area (Å²) in [6.45, 7) is 8.48. The topological polar surface area (TPSA) is 29.3 Å². The van der Waals surface area contributed by atoms with Gasteiger partial charge < -0.3 is 5.73 Å². The summed E-state index contributed by atoms with van der Waals surface area (Å²) in [4.78, 5) is 3.92. The molecular weight excluding hydrogens is 204 g/mol. The number of nitrogens with two attached hydrogens (primary N) is 1. The predicted molar refractivity (Wildman–Crippen MR) is 68.1 cm³/mol. The summed E-state index contributed by atoms with van der Waals surface area (Å²) in [5.74, 6) is 0. The Morgan fingerprint density at radius 3 is 2.60 bits per heavy atom. The van der Waals surface area contributed by atoms with E-state index in [0.29, 0.717) is 12.1 Å². The fourth-order valence-corrected chi connectivity index (χ4v) is 2.57. The first-order valence-corrected chi connectivity index (χ1v) is 6.55. The molecule has 3 heteroatoms. The van der Waals surface area contributed by atoms with E-state index in [1.165, 1.54) is 4.88 Å². The lowest BCUT2D eigenvalue weighted by Gasteiger charge is -2.33. The maximum absolute atomic E-state index is 5.81. The molecule has 0 spiro atoms. The van der Waals surface area contributed by atoms with Crippen molar-refractivity contribution in [1.82, 2.24) is 4.90 Å². The molecule has 2 nitrogen and oxygen atoms in total. The van der Waals surface area contributed by atoms with E-state index < -0.39 is 0 Å². The third-order valence-corrected chi connectivity index (χ3v) is 3.66. The molecule has 0 fully saturated rings. The van der Waals surface area contributed by atoms with Gasteiger partial charge in [0.05, 0.1) is 0 Å². The van der Waals surface area contributed by atoms with Crippen LogP contribution in [-0.4, -0.2) is 23.5 Å². The molecule has 0 aliphatic carbocycles. The maximum atomic E-state index is 5.81. The molecule has 1 unspecified atom stereocenters. The molecule has 1 aromatic rings. The second kappa shape index (κ2) is 6.26.